The summed E-state index contributed by atoms with van der Waals surface area (Å²) in [6.07, 6.45) is 0.996. The number of amides is 2. The summed E-state index contributed by atoms with van der Waals surface area (Å²) in [6, 6.07) is 10.8. The van der Waals surface area contributed by atoms with E-state index >= 15 is 0 Å². The van der Waals surface area contributed by atoms with Crippen molar-refractivity contribution in [3.63, 3.8) is 0 Å². The third kappa shape index (κ3) is 6.34. The zero-order valence-corrected chi connectivity index (χ0v) is 15.9. The van der Waals surface area contributed by atoms with E-state index in [-0.39, 0.29) is 6.03 Å². The molecule has 24 heavy (non-hydrogen) atoms. The van der Waals surface area contributed by atoms with Crippen LogP contribution in [0.5, 0.6) is 0 Å². The number of nitrogens with zero attached hydrogens (tertiary/aromatic N) is 3. The van der Waals surface area contributed by atoms with Crippen molar-refractivity contribution in [1.29, 1.82) is 0 Å². The quantitative estimate of drug-likeness (QED) is 0.603. The number of rotatable bonds is 7. The van der Waals surface area contributed by atoms with Gasteiger partial charge in [0.05, 0.1) is 0 Å². The fourth-order valence-electron chi connectivity index (χ4n) is 2.77. The van der Waals surface area contributed by atoms with Crippen LogP contribution >= 0.6 is 11.8 Å². The van der Waals surface area contributed by atoms with Crippen LogP contribution in [0.1, 0.15) is 6.42 Å². The molecule has 1 fully saturated rings. The molecule has 1 aliphatic rings. The lowest BCUT2D eigenvalue weighted by Crippen LogP contribution is -2.55. The second-order valence-corrected chi connectivity index (χ2v) is 7.69. The first-order chi connectivity index (χ1) is 11.6. The molecule has 0 aromatic heterocycles. The lowest BCUT2D eigenvalue weighted by molar-refractivity contribution is 0.113. The fraction of sp³-hybridized carbons (Fsp3) is 0.611. The number of urea groups is 1. The Morgan fingerprint density at radius 2 is 2.04 bits per heavy atom. The van der Waals surface area contributed by atoms with Gasteiger partial charge >= 0.3 is 6.03 Å². The molecule has 1 aromatic rings. The maximum Gasteiger partial charge on any atom is 0.317 e. The highest BCUT2D eigenvalue weighted by atomic mass is 32.2. The van der Waals surface area contributed by atoms with Gasteiger partial charge in [-0.25, -0.2) is 4.79 Å². The van der Waals surface area contributed by atoms with Gasteiger partial charge in [-0.3, -0.25) is 4.90 Å². The van der Waals surface area contributed by atoms with Gasteiger partial charge < -0.3 is 15.1 Å². The van der Waals surface area contributed by atoms with Crippen LogP contribution in [-0.4, -0.2) is 86.4 Å². The molecular formula is C18H30N4OS. The summed E-state index contributed by atoms with van der Waals surface area (Å²) in [5, 5.41) is 3.07. The van der Waals surface area contributed by atoms with E-state index in [1.165, 1.54) is 4.90 Å². The Balaban J connectivity index is 1.61. The molecule has 0 saturated carbocycles. The molecule has 0 radical (unpaired) electrons. The highest BCUT2D eigenvalue weighted by Gasteiger charge is 2.22. The Morgan fingerprint density at radius 3 is 2.79 bits per heavy atom. The number of thioether (sulfide) groups is 1. The Hall–Kier alpha value is -1.24. The summed E-state index contributed by atoms with van der Waals surface area (Å²) in [4.78, 5) is 19.9. The van der Waals surface area contributed by atoms with Gasteiger partial charge in [-0.1, -0.05) is 18.2 Å². The van der Waals surface area contributed by atoms with Crippen molar-refractivity contribution in [3.8, 4) is 0 Å². The molecular weight excluding hydrogens is 320 g/mol. The molecule has 5 nitrogen and oxygen atoms in total. The predicted octanol–water partition coefficient (Wildman–Crippen LogP) is 2.06. The maximum atomic E-state index is 12.2. The highest BCUT2D eigenvalue weighted by molar-refractivity contribution is 7.99. The summed E-state index contributed by atoms with van der Waals surface area (Å²) in [7, 11) is 6.14. The fourth-order valence-corrected chi connectivity index (χ4v) is 3.63. The molecule has 1 aliphatic heterocycles. The number of nitrogens with one attached hydrogen (secondary N) is 1. The molecule has 2 amide bonds. The minimum Gasteiger partial charge on any atom is -0.336 e. The van der Waals surface area contributed by atoms with E-state index in [0.29, 0.717) is 12.6 Å². The third-order valence-corrected chi connectivity index (χ3v) is 5.56. The second-order valence-electron chi connectivity index (χ2n) is 6.52. The third-order valence-electron chi connectivity index (χ3n) is 4.47. The number of hydrogen-bond donors (Lipinski definition) is 1. The lowest BCUT2D eigenvalue weighted by Gasteiger charge is -2.37. The zero-order valence-electron chi connectivity index (χ0n) is 15.1. The van der Waals surface area contributed by atoms with E-state index in [2.05, 4.69) is 53.5 Å². The van der Waals surface area contributed by atoms with Crippen LogP contribution in [0.15, 0.2) is 35.2 Å². The minimum atomic E-state index is 0.0290. The van der Waals surface area contributed by atoms with Crippen molar-refractivity contribution in [1.82, 2.24) is 20.0 Å². The van der Waals surface area contributed by atoms with Gasteiger partial charge in [-0.05, 0) is 38.4 Å². The van der Waals surface area contributed by atoms with Crippen molar-refractivity contribution < 1.29 is 4.79 Å². The second kappa shape index (κ2) is 9.91. The first-order valence-electron chi connectivity index (χ1n) is 8.62. The van der Waals surface area contributed by atoms with Crippen LogP contribution in [0.25, 0.3) is 0 Å². The van der Waals surface area contributed by atoms with Gasteiger partial charge in [-0.15, -0.1) is 11.8 Å². The molecule has 2 rings (SSSR count). The molecule has 6 heteroatoms. The number of carbonyl (C=O) groups is 1. The van der Waals surface area contributed by atoms with E-state index in [0.717, 1.165) is 38.4 Å². The number of benzene rings is 1. The van der Waals surface area contributed by atoms with Gasteiger partial charge in [0.2, 0.25) is 0 Å². The average Bonchev–Trinajstić information content (AvgIpc) is 2.60. The van der Waals surface area contributed by atoms with Gasteiger partial charge in [0.25, 0.3) is 0 Å². The molecule has 134 valence electrons. The molecule has 0 bridgehead atoms. The predicted molar refractivity (Wildman–Crippen MR) is 102 cm³/mol. The van der Waals surface area contributed by atoms with Crippen molar-refractivity contribution in [3.05, 3.63) is 30.3 Å². The van der Waals surface area contributed by atoms with Gasteiger partial charge in [-0.2, -0.15) is 0 Å². The topological polar surface area (TPSA) is 38.8 Å². The van der Waals surface area contributed by atoms with Crippen LogP contribution in [0.2, 0.25) is 0 Å². The average molecular weight is 351 g/mol. The smallest absolute Gasteiger partial charge is 0.317 e. The molecule has 1 saturated heterocycles. The van der Waals surface area contributed by atoms with E-state index in [4.69, 9.17) is 0 Å². The standard InChI is InChI=1S/C18H30N4OS/c1-20-11-12-21(2)16(15-20)14-19-18(23)22(3)10-7-13-24-17-8-5-4-6-9-17/h4-6,8-9,16H,7,10-15H2,1-3H3,(H,19,23)/t16-/m1/s1. The number of hydrogen-bond acceptors (Lipinski definition) is 4. The van der Waals surface area contributed by atoms with Gasteiger partial charge in [0.15, 0.2) is 0 Å². The molecule has 1 N–H and O–H groups in total. The van der Waals surface area contributed by atoms with Crippen LogP contribution in [0, 0.1) is 0 Å². The molecule has 1 aromatic carbocycles. The largest absolute Gasteiger partial charge is 0.336 e. The van der Waals surface area contributed by atoms with E-state index in [1.54, 1.807) is 4.90 Å². The molecule has 1 heterocycles. The Kier molecular flexibility index (Phi) is 7.88. The van der Waals surface area contributed by atoms with Crippen LogP contribution < -0.4 is 5.32 Å². The molecule has 0 aliphatic carbocycles. The number of piperazine rings is 1. The van der Waals surface area contributed by atoms with Crippen LogP contribution in [0.4, 0.5) is 4.79 Å². The highest BCUT2D eigenvalue weighted by Crippen LogP contribution is 2.17. The molecule has 0 unspecified atom stereocenters. The molecule has 0 spiro atoms. The zero-order chi connectivity index (χ0) is 17.4. The Bertz CT molecular complexity index is 499. The summed E-state index contributed by atoms with van der Waals surface area (Å²) in [5.74, 6) is 1.03. The van der Waals surface area contributed by atoms with Crippen molar-refractivity contribution in [2.45, 2.75) is 17.4 Å². The summed E-state index contributed by atoms with van der Waals surface area (Å²) < 4.78 is 0. The number of likely N-dealkylation sites (N-methyl/N-ethyl adjacent to an activating group) is 2. The normalized spacial score (nSPS) is 19.2. The van der Waals surface area contributed by atoms with Crippen LogP contribution in [0.3, 0.4) is 0 Å². The maximum absolute atomic E-state index is 12.2. The van der Waals surface area contributed by atoms with Crippen molar-refractivity contribution in [2.24, 2.45) is 0 Å². The van der Waals surface area contributed by atoms with Gasteiger partial charge in [0, 0.05) is 50.7 Å². The summed E-state index contributed by atoms with van der Waals surface area (Å²) in [5.41, 5.74) is 0. The number of carbonyl (C=O) groups excluding carboxylic acids is 1. The van der Waals surface area contributed by atoms with E-state index in [9.17, 15) is 4.79 Å². The first kappa shape index (κ1) is 19.1. The van der Waals surface area contributed by atoms with E-state index < -0.39 is 0 Å². The van der Waals surface area contributed by atoms with Crippen molar-refractivity contribution >= 4 is 17.8 Å². The lowest BCUT2D eigenvalue weighted by atomic mass is 10.2. The van der Waals surface area contributed by atoms with Crippen molar-refractivity contribution in [2.75, 3.05) is 59.6 Å². The first-order valence-corrected chi connectivity index (χ1v) is 9.60. The Labute approximate surface area is 150 Å². The van der Waals surface area contributed by atoms with Crippen LogP contribution in [-0.2, 0) is 0 Å². The monoisotopic (exact) mass is 350 g/mol. The minimum absolute atomic E-state index is 0.0290. The van der Waals surface area contributed by atoms with E-state index in [1.807, 2.05) is 24.9 Å². The summed E-state index contributed by atoms with van der Waals surface area (Å²) >= 11 is 1.84. The van der Waals surface area contributed by atoms with Gasteiger partial charge in [0.1, 0.15) is 0 Å². The SMILES string of the molecule is CN1CCN(C)[C@H](CNC(=O)N(C)CCCSc2ccccc2)C1. The Morgan fingerprint density at radius 1 is 1.29 bits per heavy atom. The molecule has 1 atom stereocenters. The summed E-state index contributed by atoms with van der Waals surface area (Å²) in [6.45, 7) is 4.66.